The molecule has 0 fully saturated rings. The van der Waals surface area contributed by atoms with Gasteiger partial charge in [0.1, 0.15) is 11.5 Å². The summed E-state index contributed by atoms with van der Waals surface area (Å²) in [4.78, 5) is 19.4. The number of aromatic nitrogens is 1. The molecule has 0 radical (unpaired) electrons. The van der Waals surface area contributed by atoms with Crippen LogP contribution in [0.4, 0.5) is 0 Å². The molecule has 6 rings (SSSR count). The van der Waals surface area contributed by atoms with E-state index in [2.05, 4.69) is 29.2 Å². The van der Waals surface area contributed by atoms with Crippen LogP contribution in [0.2, 0.25) is 0 Å². The average Bonchev–Trinajstić information content (AvgIpc) is 3.44. The number of nitrogens with one attached hydrogen (secondary N) is 1. The molecule has 2 heterocycles. The number of methoxy groups -OCH3 is 2. The van der Waals surface area contributed by atoms with Crippen LogP contribution >= 0.6 is 0 Å². The quantitative estimate of drug-likeness (QED) is 0.302. The van der Waals surface area contributed by atoms with Crippen molar-refractivity contribution >= 4 is 16.8 Å². The van der Waals surface area contributed by atoms with E-state index in [0.717, 1.165) is 55.9 Å². The second kappa shape index (κ2) is 8.93. The van der Waals surface area contributed by atoms with Gasteiger partial charge in [-0.2, -0.15) is 0 Å². The second-order valence-electron chi connectivity index (χ2n) is 8.96. The molecule has 5 aromatic rings. The van der Waals surface area contributed by atoms with Gasteiger partial charge in [0.05, 0.1) is 26.0 Å². The summed E-state index contributed by atoms with van der Waals surface area (Å²) >= 11 is 0. The Balaban J connectivity index is 1.56. The Bertz CT molecular complexity index is 1570. The molecule has 0 saturated heterocycles. The van der Waals surface area contributed by atoms with E-state index >= 15 is 0 Å². The number of carbonyl (C=O) groups is 1. The van der Waals surface area contributed by atoms with Crippen LogP contribution in [0, 0.1) is 0 Å². The first-order valence-electron chi connectivity index (χ1n) is 12.0. The molecule has 5 nitrogen and oxygen atoms in total. The molecular weight excluding hydrogens is 448 g/mol. The first kappa shape index (κ1) is 22.0. The van der Waals surface area contributed by atoms with Crippen molar-refractivity contribution in [2.45, 2.75) is 12.6 Å². The zero-order chi connectivity index (χ0) is 24.6. The number of para-hydroxylation sites is 1. The first-order valence-corrected chi connectivity index (χ1v) is 12.0. The summed E-state index contributed by atoms with van der Waals surface area (Å²) in [5.74, 6) is 1.62. The topological polar surface area (TPSA) is 54.6 Å². The van der Waals surface area contributed by atoms with E-state index in [0.29, 0.717) is 6.54 Å². The van der Waals surface area contributed by atoms with E-state index in [1.54, 1.807) is 14.2 Å². The zero-order valence-corrected chi connectivity index (χ0v) is 20.2. The Morgan fingerprint density at radius 1 is 0.806 bits per heavy atom. The molecule has 0 bridgehead atoms. The minimum absolute atomic E-state index is 0.0355. The van der Waals surface area contributed by atoms with Crippen molar-refractivity contribution in [2.24, 2.45) is 0 Å². The van der Waals surface area contributed by atoms with Crippen LogP contribution in [0.5, 0.6) is 11.5 Å². The highest BCUT2D eigenvalue weighted by Gasteiger charge is 2.40. The van der Waals surface area contributed by atoms with Gasteiger partial charge in [0.15, 0.2) is 0 Å². The van der Waals surface area contributed by atoms with Crippen molar-refractivity contribution in [3.05, 3.63) is 119 Å². The molecule has 1 aromatic heterocycles. The Kier molecular flexibility index (Phi) is 5.45. The molecule has 0 spiro atoms. The first-order chi connectivity index (χ1) is 17.7. The van der Waals surface area contributed by atoms with Crippen LogP contribution in [0.1, 0.15) is 33.1 Å². The number of hydrogen-bond acceptors (Lipinski definition) is 3. The second-order valence-corrected chi connectivity index (χ2v) is 8.96. The number of hydrogen-bond donors (Lipinski definition) is 1. The van der Waals surface area contributed by atoms with Gasteiger partial charge < -0.3 is 19.4 Å². The third-order valence-corrected chi connectivity index (χ3v) is 6.95. The molecule has 1 atom stereocenters. The van der Waals surface area contributed by atoms with E-state index in [1.807, 2.05) is 77.7 Å². The van der Waals surface area contributed by atoms with Crippen LogP contribution in [-0.4, -0.2) is 30.0 Å². The average molecular weight is 475 g/mol. The van der Waals surface area contributed by atoms with E-state index in [-0.39, 0.29) is 11.9 Å². The number of H-pyrrole nitrogens is 1. The van der Waals surface area contributed by atoms with Crippen LogP contribution in [-0.2, 0) is 6.54 Å². The molecule has 4 aromatic carbocycles. The lowest BCUT2D eigenvalue weighted by atomic mass is 9.93. The molecular formula is C31H26N2O3. The fourth-order valence-corrected chi connectivity index (χ4v) is 5.23. The number of aromatic amines is 1. The summed E-state index contributed by atoms with van der Waals surface area (Å²) in [5, 5.41) is 1.10. The molecule has 0 saturated carbocycles. The van der Waals surface area contributed by atoms with Gasteiger partial charge in [-0.05, 0) is 47.5 Å². The number of benzene rings is 4. The zero-order valence-electron chi connectivity index (χ0n) is 20.2. The standard InChI is InChI=1S/C31H26N2O3/c1-35-22-16-14-20(15-17-22)19-33-30(24-10-3-4-11-25(24)31(33)34)28-26-12-5-6-13-27(26)32-29(28)21-8-7-9-23(18-21)36-2/h3-18,30,32H,19H2,1-2H3. The van der Waals surface area contributed by atoms with Crippen molar-refractivity contribution in [3.8, 4) is 22.8 Å². The van der Waals surface area contributed by atoms with Crippen molar-refractivity contribution < 1.29 is 14.3 Å². The maximum atomic E-state index is 13.8. The van der Waals surface area contributed by atoms with Crippen LogP contribution in [0.25, 0.3) is 22.2 Å². The monoisotopic (exact) mass is 474 g/mol. The van der Waals surface area contributed by atoms with E-state index in [4.69, 9.17) is 9.47 Å². The third kappa shape index (κ3) is 3.60. The molecule has 1 aliphatic heterocycles. The third-order valence-electron chi connectivity index (χ3n) is 6.95. The Morgan fingerprint density at radius 2 is 1.56 bits per heavy atom. The van der Waals surface area contributed by atoms with Crippen LogP contribution in [0.3, 0.4) is 0 Å². The summed E-state index contributed by atoms with van der Waals surface area (Å²) in [6, 6.07) is 31.9. The Hall–Kier alpha value is -4.51. The highest BCUT2D eigenvalue weighted by atomic mass is 16.5. The highest BCUT2D eigenvalue weighted by Crippen LogP contribution is 2.46. The predicted molar refractivity (Wildman–Crippen MR) is 141 cm³/mol. The SMILES string of the molecule is COc1ccc(CN2C(=O)c3ccccc3C2c2c(-c3cccc(OC)c3)[nH]c3ccccc23)cc1. The van der Waals surface area contributed by atoms with E-state index < -0.39 is 0 Å². The highest BCUT2D eigenvalue weighted by molar-refractivity contribution is 6.02. The van der Waals surface area contributed by atoms with Gasteiger partial charge in [0.2, 0.25) is 0 Å². The molecule has 0 aliphatic carbocycles. The minimum Gasteiger partial charge on any atom is -0.497 e. The normalized spacial score (nSPS) is 14.8. The lowest BCUT2D eigenvalue weighted by Crippen LogP contribution is -2.28. The molecule has 5 heteroatoms. The predicted octanol–water partition coefficient (Wildman–Crippen LogP) is 6.60. The minimum atomic E-state index is -0.242. The van der Waals surface area contributed by atoms with Crippen molar-refractivity contribution in [3.63, 3.8) is 0 Å². The fourth-order valence-electron chi connectivity index (χ4n) is 5.23. The Labute approximate surface area is 209 Å². The summed E-state index contributed by atoms with van der Waals surface area (Å²) < 4.78 is 10.8. The molecule has 178 valence electrons. The maximum Gasteiger partial charge on any atom is 0.255 e. The number of nitrogens with zero attached hydrogens (tertiary/aromatic N) is 1. The number of ether oxygens (including phenoxy) is 2. The van der Waals surface area contributed by atoms with Gasteiger partial charge >= 0.3 is 0 Å². The summed E-state index contributed by atoms with van der Waals surface area (Å²) in [5.41, 5.74) is 6.94. The van der Waals surface area contributed by atoms with Crippen LogP contribution < -0.4 is 9.47 Å². The molecule has 1 N–H and O–H groups in total. The van der Waals surface area contributed by atoms with Crippen molar-refractivity contribution in [1.82, 2.24) is 9.88 Å². The van der Waals surface area contributed by atoms with Crippen molar-refractivity contribution in [1.29, 1.82) is 0 Å². The van der Waals surface area contributed by atoms with Crippen LogP contribution in [0.15, 0.2) is 97.1 Å². The summed E-state index contributed by atoms with van der Waals surface area (Å²) in [6.07, 6.45) is 0. The fraction of sp³-hybridized carbons (Fsp3) is 0.129. The van der Waals surface area contributed by atoms with Crippen molar-refractivity contribution in [2.75, 3.05) is 14.2 Å². The molecule has 1 aliphatic rings. The largest absolute Gasteiger partial charge is 0.497 e. The maximum absolute atomic E-state index is 13.8. The summed E-state index contributed by atoms with van der Waals surface area (Å²) in [7, 11) is 3.33. The molecule has 36 heavy (non-hydrogen) atoms. The van der Waals surface area contributed by atoms with Gasteiger partial charge in [-0.3, -0.25) is 4.79 Å². The number of amides is 1. The lowest BCUT2D eigenvalue weighted by Gasteiger charge is -2.27. The number of fused-ring (bicyclic) bond motifs is 2. The van der Waals surface area contributed by atoms with Gasteiger partial charge in [-0.1, -0.05) is 60.7 Å². The number of carbonyl (C=O) groups excluding carboxylic acids is 1. The lowest BCUT2D eigenvalue weighted by molar-refractivity contribution is 0.0737. The van der Waals surface area contributed by atoms with E-state index in [1.165, 1.54) is 0 Å². The number of rotatable bonds is 6. The van der Waals surface area contributed by atoms with Gasteiger partial charge in [-0.15, -0.1) is 0 Å². The van der Waals surface area contributed by atoms with Gasteiger partial charge in [-0.25, -0.2) is 0 Å². The molecule has 1 unspecified atom stereocenters. The van der Waals surface area contributed by atoms with E-state index in [9.17, 15) is 4.79 Å². The summed E-state index contributed by atoms with van der Waals surface area (Å²) in [6.45, 7) is 0.485. The van der Waals surface area contributed by atoms with Gasteiger partial charge in [0, 0.05) is 34.1 Å². The Morgan fingerprint density at radius 3 is 2.36 bits per heavy atom. The smallest absolute Gasteiger partial charge is 0.255 e. The van der Waals surface area contributed by atoms with Gasteiger partial charge in [0.25, 0.3) is 5.91 Å². The molecule has 1 amide bonds.